The van der Waals surface area contributed by atoms with Crippen molar-refractivity contribution in [1.29, 1.82) is 0 Å². The summed E-state index contributed by atoms with van der Waals surface area (Å²) in [4.78, 5) is 34.0. The summed E-state index contributed by atoms with van der Waals surface area (Å²) in [5.74, 6) is -1.86. The summed E-state index contributed by atoms with van der Waals surface area (Å²) in [7, 11) is 0. The fourth-order valence-electron chi connectivity index (χ4n) is 1.50. The van der Waals surface area contributed by atoms with Crippen LogP contribution in [-0.2, 0) is 9.47 Å². The third-order valence-electron chi connectivity index (χ3n) is 2.33. The van der Waals surface area contributed by atoms with E-state index in [4.69, 9.17) is 9.47 Å². The van der Waals surface area contributed by atoms with Crippen LogP contribution in [0.4, 0.5) is 5.69 Å². The second-order valence-corrected chi connectivity index (χ2v) is 3.73. The Labute approximate surface area is 120 Å². The second kappa shape index (κ2) is 7.59. The zero-order chi connectivity index (χ0) is 15.8. The quantitative estimate of drug-likeness (QED) is 0.331. The van der Waals surface area contributed by atoms with Crippen molar-refractivity contribution in [2.75, 3.05) is 13.2 Å². The molecule has 0 bridgehead atoms. The zero-order valence-corrected chi connectivity index (χ0v) is 11.1. The maximum Gasteiger partial charge on any atom is 0.346 e. The van der Waals surface area contributed by atoms with Crippen LogP contribution in [-0.4, -0.2) is 30.1 Å². The number of esters is 2. The van der Waals surface area contributed by atoms with Gasteiger partial charge >= 0.3 is 11.9 Å². The number of nitro benzene ring substituents is 1. The molecule has 0 atom stereocenters. The Bertz CT molecular complexity index is 593. The van der Waals surface area contributed by atoms with Crippen molar-refractivity contribution >= 4 is 17.6 Å². The Balaban J connectivity index is 3.29. The number of benzene rings is 1. The molecular formula is C14H13NO6. The molecule has 21 heavy (non-hydrogen) atoms. The number of rotatable bonds is 7. The van der Waals surface area contributed by atoms with Crippen molar-refractivity contribution in [3.8, 4) is 0 Å². The predicted octanol–water partition coefficient (Wildman–Crippen LogP) is 2.28. The fourth-order valence-corrected chi connectivity index (χ4v) is 1.50. The minimum absolute atomic E-state index is 0.0807. The molecule has 7 heteroatoms. The van der Waals surface area contributed by atoms with E-state index < -0.39 is 28.1 Å². The van der Waals surface area contributed by atoms with Gasteiger partial charge < -0.3 is 9.47 Å². The molecule has 0 heterocycles. The minimum Gasteiger partial charge on any atom is -0.458 e. The van der Waals surface area contributed by atoms with Crippen LogP contribution in [0.15, 0.2) is 43.5 Å². The van der Waals surface area contributed by atoms with Gasteiger partial charge in [-0.2, -0.15) is 0 Å². The molecule has 1 aromatic rings. The molecule has 0 aliphatic carbocycles. The van der Waals surface area contributed by atoms with Crippen LogP contribution >= 0.6 is 0 Å². The third kappa shape index (κ3) is 4.00. The van der Waals surface area contributed by atoms with E-state index in [0.29, 0.717) is 0 Å². The smallest absolute Gasteiger partial charge is 0.346 e. The third-order valence-corrected chi connectivity index (χ3v) is 2.33. The van der Waals surface area contributed by atoms with Gasteiger partial charge in [-0.15, -0.1) is 0 Å². The molecule has 0 aliphatic rings. The first kappa shape index (κ1) is 16.1. The van der Waals surface area contributed by atoms with E-state index in [1.165, 1.54) is 24.3 Å². The monoisotopic (exact) mass is 291 g/mol. The molecule has 0 aromatic heterocycles. The van der Waals surface area contributed by atoms with Crippen molar-refractivity contribution < 1.29 is 24.0 Å². The second-order valence-electron chi connectivity index (χ2n) is 3.73. The summed E-state index contributed by atoms with van der Waals surface area (Å²) in [6.07, 6.45) is 2.65. The largest absolute Gasteiger partial charge is 0.458 e. The highest BCUT2D eigenvalue weighted by molar-refractivity contribution is 6.06. The summed E-state index contributed by atoms with van der Waals surface area (Å²) in [5, 5.41) is 11.0. The minimum atomic E-state index is -0.993. The van der Waals surface area contributed by atoms with Gasteiger partial charge in [0, 0.05) is 6.07 Å². The predicted molar refractivity (Wildman–Crippen MR) is 74.1 cm³/mol. The lowest BCUT2D eigenvalue weighted by molar-refractivity contribution is -0.385. The van der Waals surface area contributed by atoms with Crippen LogP contribution in [0.3, 0.4) is 0 Å². The number of hydrogen-bond acceptors (Lipinski definition) is 6. The maximum absolute atomic E-state index is 11.9. The average molecular weight is 291 g/mol. The molecule has 0 amide bonds. The number of nitrogens with zero attached hydrogens (tertiary/aromatic N) is 1. The SMILES string of the molecule is C=CCOC(=O)c1cccc([N+](=O)[O-])c1C(=O)OCC=C. The first-order valence-electron chi connectivity index (χ1n) is 5.86. The first-order valence-corrected chi connectivity index (χ1v) is 5.86. The zero-order valence-electron chi connectivity index (χ0n) is 11.1. The fraction of sp³-hybridized carbons (Fsp3) is 0.143. The highest BCUT2D eigenvalue weighted by Crippen LogP contribution is 2.24. The Morgan fingerprint density at radius 2 is 1.71 bits per heavy atom. The van der Waals surface area contributed by atoms with Gasteiger partial charge in [-0.25, -0.2) is 9.59 Å². The van der Waals surface area contributed by atoms with E-state index in [1.54, 1.807) is 0 Å². The lowest BCUT2D eigenvalue weighted by Gasteiger charge is -2.08. The van der Waals surface area contributed by atoms with Crippen molar-refractivity contribution in [3.05, 3.63) is 64.8 Å². The average Bonchev–Trinajstić information content (AvgIpc) is 2.49. The lowest BCUT2D eigenvalue weighted by atomic mass is 10.1. The molecule has 0 aliphatic heterocycles. The van der Waals surface area contributed by atoms with Crippen molar-refractivity contribution in [2.24, 2.45) is 0 Å². The van der Waals surface area contributed by atoms with Gasteiger partial charge in [0.05, 0.1) is 10.5 Å². The Hall–Kier alpha value is -2.96. The molecule has 0 saturated heterocycles. The van der Waals surface area contributed by atoms with Gasteiger partial charge in [0.2, 0.25) is 0 Å². The number of carbonyl (C=O) groups is 2. The van der Waals surface area contributed by atoms with Gasteiger partial charge in [0.25, 0.3) is 5.69 Å². The molecule has 110 valence electrons. The van der Waals surface area contributed by atoms with Crippen molar-refractivity contribution in [1.82, 2.24) is 0 Å². The number of nitro groups is 1. The van der Waals surface area contributed by atoms with Gasteiger partial charge in [-0.05, 0) is 6.07 Å². The van der Waals surface area contributed by atoms with E-state index in [-0.39, 0.29) is 18.8 Å². The molecule has 1 aromatic carbocycles. The maximum atomic E-state index is 11.9. The Morgan fingerprint density at radius 3 is 2.24 bits per heavy atom. The van der Waals surface area contributed by atoms with E-state index in [9.17, 15) is 19.7 Å². The Kier molecular flexibility index (Phi) is 5.81. The summed E-state index contributed by atoms with van der Waals surface area (Å²) < 4.78 is 9.57. The summed E-state index contributed by atoms with van der Waals surface area (Å²) in [6, 6.07) is 3.64. The molecule has 0 unspecified atom stereocenters. The number of carbonyl (C=O) groups excluding carboxylic acids is 2. The topological polar surface area (TPSA) is 95.7 Å². The summed E-state index contributed by atoms with van der Waals surface area (Å²) in [6.45, 7) is 6.54. The standard InChI is InChI=1S/C14H13NO6/c1-3-8-20-13(16)10-6-5-7-11(15(18)19)12(10)14(17)21-9-4-2/h3-7H,1-2,8-9H2. The molecule has 7 nitrogen and oxygen atoms in total. The van der Waals surface area contributed by atoms with Crippen LogP contribution in [0, 0.1) is 10.1 Å². The van der Waals surface area contributed by atoms with E-state index in [0.717, 1.165) is 6.07 Å². The molecule has 0 fully saturated rings. The van der Waals surface area contributed by atoms with Crippen molar-refractivity contribution in [3.63, 3.8) is 0 Å². The lowest BCUT2D eigenvalue weighted by Crippen LogP contribution is -2.16. The Morgan fingerprint density at radius 1 is 1.14 bits per heavy atom. The van der Waals surface area contributed by atoms with Gasteiger partial charge in [-0.3, -0.25) is 10.1 Å². The highest BCUT2D eigenvalue weighted by atomic mass is 16.6. The molecule has 1 rings (SSSR count). The van der Waals surface area contributed by atoms with Crippen LogP contribution < -0.4 is 0 Å². The van der Waals surface area contributed by atoms with Gasteiger partial charge in [0.15, 0.2) is 5.56 Å². The molecule has 0 saturated carbocycles. The van der Waals surface area contributed by atoms with Crippen LogP contribution in [0.25, 0.3) is 0 Å². The molecular weight excluding hydrogens is 278 g/mol. The van der Waals surface area contributed by atoms with E-state index in [2.05, 4.69) is 13.2 Å². The van der Waals surface area contributed by atoms with E-state index in [1.807, 2.05) is 0 Å². The molecule has 0 spiro atoms. The highest BCUT2D eigenvalue weighted by Gasteiger charge is 2.28. The number of ether oxygens (including phenoxy) is 2. The van der Waals surface area contributed by atoms with Crippen LogP contribution in [0.1, 0.15) is 20.7 Å². The summed E-state index contributed by atoms with van der Waals surface area (Å²) >= 11 is 0. The van der Waals surface area contributed by atoms with Gasteiger partial charge in [0.1, 0.15) is 13.2 Å². The van der Waals surface area contributed by atoms with Crippen molar-refractivity contribution in [2.45, 2.75) is 0 Å². The van der Waals surface area contributed by atoms with Crippen LogP contribution in [0.2, 0.25) is 0 Å². The van der Waals surface area contributed by atoms with Crippen LogP contribution in [0.5, 0.6) is 0 Å². The first-order chi connectivity index (χ1) is 10.0. The summed E-state index contributed by atoms with van der Waals surface area (Å²) in [5.41, 5.74) is -1.21. The number of hydrogen-bond donors (Lipinski definition) is 0. The molecule has 0 N–H and O–H groups in total. The van der Waals surface area contributed by atoms with E-state index >= 15 is 0 Å². The van der Waals surface area contributed by atoms with Gasteiger partial charge in [-0.1, -0.05) is 31.4 Å². The molecule has 0 radical (unpaired) electrons. The normalized spacial score (nSPS) is 9.52.